The lowest BCUT2D eigenvalue weighted by atomic mass is 9.98. The number of nitrogens with one attached hydrogen (secondary N) is 3. The summed E-state index contributed by atoms with van der Waals surface area (Å²) in [5.41, 5.74) is 1.83. The predicted octanol–water partition coefficient (Wildman–Crippen LogP) is 2.67. The number of carbonyl (C=O) groups is 1. The van der Waals surface area contributed by atoms with E-state index in [1.165, 1.54) is 12.8 Å². The molecule has 1 saturated heterocycles. The van der Waals surface area contributed by atoms with Crippen molar-refractivity contribution in [1.82, 2.24) is 5.32 Å². The molecule has 2 rings (SSSR count). The van der Waals surface area contributed by atoms with Gasteiger partial charge < -0.3 is 15.4 Å². The Morgan fingerprint density at radius 1 is 1.25 bits per heavy atom. The summed E-state index contributed by atoms with van der Waals surface area (Å²) in [7, 11) is 0. The molecule has 20 heavy (non-hydrogen) atoms. The first-order chi connectivity index (χ1) is 9.78. The minimum Gasteiger partial charge on any atom is -0.450 e. The van der Waals surface area contributed by atoms with E-state index in [-0.39, 0.29) is 0 Å². The van der Waals surface area contributed by atoms with Crippen LogP contribution in [-0.2, 0) is 4.74 Å². The lowest BCUT2D eigenvalue weighted by Crippen LogP contribution is -2.31. The van der Waals surface area contributed by atoms with Crippen LogP contribution in [-0.4, -0.2) is 32.3 Å². The van der Waals surface area contributed by atoms with Gasteiger partial charge in [-0.15, -0.1) is 0 Å². The van der Waals surface area contributed by atoms with Gasteiger partial charge in [0.2, 0.25) is 0 Å². The zero-order chi connectivity index (χ0) is 14.2. The molecule has 1 fully saturated rings. The fourth-order valence-corrected chi connectivity index (χ4v) is 2.30. The molecule has 0 unspecified atom stereocenters. The Labute approximate surface area is 120 Å². The average molecular weight is 277 g/mol. The van der Waals surface area contributed by atoms with Gasteiger partial charge in [0, 0.05) is 17.9 Å². The third-order valence-electron chi connectivity index (χ3n) is 3.46. The van der Waals surface area contributed by atoms with Gasteiger partial charge >= 0.3 is 6.09 Å². The van der Waals surface area contributed by atoms with E-state index in [0.29, 0.717) is 6.61 Å². The molecule has 3 N–H and O–H groups in total. The van der Waals surface area contributed by atoms with Crippen molar-refractivity contribution >= 4 is 17.5 Å². The van der Waals surface area contributed by atoms with E-state index in [9.17, 15) is 4.79 Å². The highest BCUT2D eigenvalue weighted by Gasteiger charge is 2.12. The van der Waals surface area contributed by atoms with Crippen LogP contribution in [0, 0.1) is 5.92 Å². The first-order valence-electron chi connectivity index (χ1n) is 7.26. The zero-order valence-electron chi connectivity index (χ0n) is 11.9. The minimum absolute atomic E-state index is 0.377. The quantitative estimate of drug-likeness (QED) is 0.774. The lowest BCUT2D eigenvalue weighted by Gasteiger charge is -2.23. The third-order valence-corrected chi connectivity index (χ3v) is 3.46. The Bertz CT molecular complexity index is 414. The number of ether oxygens (including phenoxy) is 1. The molecule has 0 spiro atoms. The van der Waals surface area contributed by atoms with Crippen LogP contribution >= 0.6 is 0 Å². The van der Waals surface area contributed by atoms with E-state index in [1.807, 2.05) is 24.3 Å². The fraction of sp³-hybridized carbons (Fsp3) is 0.533. The molecule has 1 aromatic carbocycles. The van der Waals surface area contributed by atoms with Crippen LogP contribution in [0.4, 0.5) is 16.2 Å². The normalized spacial score (nSPS) is 15.7. The van der Waals surface area contributed by atoms with Gasteiger partial charge in [-0.1, -0.05) is 0 Å². The summed E-state index contributed by atoms with van der Waals surface area (Å²) in [5.74, 6) is 0.744. The smallest absolute Gasteiger partial charge is 0.411 e. The number of carbonyl (C=O) groups excluding carboxylic acids is 1. The molecule has 1 aliphatic heterocycles. The van der Waals surface area contributed by atoms with Gasteiger partial charge in [0.25, 0.3) is 0 Å². The Morgan fingerprint density at radius 2 is 1.90 bits per heavy atom. The number of piperidine rings is 1. The van der Waals surface area contributed by atoms with Crippen molar-refractivity contribution in [3.8, 4) is 0 Å². The van der Waals surface area contributed by atoms with Crippen LogP contribution in [0.15, 0.2) is 24.3 Å². The molecule has 1 amide bonds. The number of amides is 1. The second kappa shape index (κ2) is 7.75. The van der Waals surface area contributed by atoms with Gasteiger partial charge in [-0.3, -0.25) is 5.32 Å². The summed E-state index contributed by atoms with van der Waals surface area (Å²) in [6, 6.07) is 7.70. The van der Waals surface area contributed by atoms with Crippen molar-refractivity contribution in [1.29, 1.82) is 0 Å². The highest BCUT2D eigenvalue weighted by Crippen LogP contribution is 2.16. The monoisotopic (exact) mass is 277 g/mol. The highest BCUT2D eigenvalue weighted by atomic mass is 16.5. The topological polar surface area (TPSA) is 62.4 Å². The van der Waals surface area contributed by atoms with Gasteiger partial charge in [0.1, 0.15) is 0 Å². The van der Waals surface area contributed by atoms with Crippen molar-refractivity contribution < 1.29 is 9.53 Å². The highest BCUT2D eigenvalue weighted by molar-refractivity contribution is 5.84. The Morgan fingerprint density at radius 3 is 2.55 bits per heavy atom. The molecule has 1 aromatic rings. The molecule has 1 aliphatic rings. The summed E-state index contributed by atoms with van der Waals surface area (Å²) >= 11 is 0. The lowest BCUT2D eigenvalue weighted by molar-refractivity contribution is 0.168. The molecule has 0 atom stereocenters. The zero-order valence-corrected chi connectivity index (χ0v) is 11.9. The molecule has 0 bridgehead atoms. The van der Waals surface area contributed by atoms with Crippen LogP contribution in [0.5, 0.6) is 0 Å². The third kappa shape index (κ3) is 4.74. The maximum absolute atomic E-state index is 11.3. The largest absolute Gasteiger partial charge is 0.450 e. The predicted molar refractivity (Wildman–Crippen MR) is 81.2 cm³/mol. The Hall–Kier alpha value is -1.75. The number of anilines is 2. The molecule has 0 aromatic heterocycles. The number of hydrogen-bond acceptors (Lipinski definition) is 4. The molecular weight excluding hydrogens is 254 g/mol. The first kappa shape index (κ1) is 14.7. The van der Waals surface area contributed by atoms with Gasteiger partial charge in [0.15, 0.2) is 0 Å². The van der Waals surface area contributed by atoms with Crippen molar-refractivity contribution in [2.75, 3.05) is 36.9 Å². The maximum Gasteiger partial charge on any atom is 0.411 e. The molecule has 0 radical (unpaired) electrons. The standard InChI is InChI=1S/C15H23N3O2/c1-2-20-15(19)18-14-5-3-13(4-6-14)17-11-12-7-9-16-10-8-12/h3-6,12,16-17H,2,7-11H2,1H3,(H,18,19). The summed E-state index contributed by atoms with van der Waals surface area (Å²) < 4.78 is 4.83. The van der Waals surface area contributed by atoms with Crippen molar-refractivity contribution in [3.63, 3.8) is 0 Å². The molecule has 110 valence electrons. The van der Waals surface area contributed by atoms with E-state index in [1.54, 1.807) is 6.92 Å². The molecule has 0 aliphatic carbocycles. The van der Waals surface area contributed by atoms with Gasteiger partial charge in [-0.25, -0.2) is 4.79 Å². The summed E-state index contributed by atoms with van der Waals surface area (Å²) in [6.07, 6.45) is 2.05. The van der Waals surface area contributed by atoms with E-state index < -0.39 is 6.09 Å². The Balaban J connectivity index is 1.77. The first-order valence-corrected chi connectivity index (χ1v) is 7.26. The van der Waals surface area contributed by atoms with Crippen LogP contribution in [0.3, 0.4) is 0 Å². The van der Waals surface area contributed by atoms with Crippen molar-refractivity contribution in [3.05, 3.63) is 24.3 Å². The van der Waals surface area contributed by atoms with Crippen LogP contribution in [0.2, 0.25) is 0 Å². The van der Waals surface area contributed by atoms with E-state index in [0.717, 1.165) is 36.9 Å². The molecule has 5 nitrogen and oxygen atoms in total. The second-order valence-corrected chi connectivity index (χ2v) is 5.00. The van der Waals surface area contributed by atoms with E-state index >= 15 is 0 Å². The number of rotatable bonds is 5. The summed E-state index contributed by atoms with van der Waals surface area (Å²) in [5, 5.41) is 9.50. The van der Waals surface area contributed by atoms with Gasteiger partial charge in [-0.2, -0.15) is 0 Å². The SMILES string of the molecule is CCOC(=O)Nc1ccc(NCC2CCNCC2)cc1. The number of benzene rings is 1. The Kier molecular flexibility index (Phi) is 5.68. The van der Waals surface area contributed by atoms with E-state index in [4.69, 9.17) is 4.74 Å². The van der Waals surface area contributed by atoms with Gasteiger partial charge in [0.05, 0.1) is 6.61 Å². The van der Waals surface area contributed by atoms with Gasteiger partial charge in [-0.05, 0) is 63.0 Å². The summed E-state index contributed by atoms with van der Waals surface area (Å²) in [6.45, 7) is 5.41. The van der Waals surface area contributed by atoms with Crippen LogP contribution in [0.25, 0.3) is 0 Å². The maximum atomic E-state index is 11.3. The van der Waals surface area contributed by atoms with Crippen LogP contribution < -0.4 is 16.0 Å². The fourth-order valence-electron chi connectivity index (χ4n) is 2.30. The van der Waals surface area contributed by atoms with Crippen molar-refractivity contribution in [2.24, 2.45) is 5.92 Å². The average Bonchev–Trinajstić information content (AvgIpc) is 2.48. The van der Waals surface area contributed by atoms with Crippen molar-refractivity contribution in [2.45, 2.75) is 19.8 Å². The molecule has 1 heterocycles. The minimum atomic E-state index is -0.414. The van der Waals surface area contributed by atoms with Crippen LogP contribution in [0.1, 0.15) is 19.8 Å². The molecular formula is C15H23N3O2. The van der Waals surface area contributed by atoms with E-state index in [2.05, 4.69) is 16.0 Å². The summed E-state index contributed by atoms with van der Waals surface area (Å²) in [4.78, 5) is 11.3. The number of hydrogen-bond donors (Lipinski definition) is 3. The molecule has 5 heteroatoms. The molecule has 0 saturated carbocycles. The second-order valence-electron chi connectivity index (χ2n) is 5.00.